The standard InChI is InChI=1S/C22H18N4OS/c1-15-6-9-17(10-7-15)25-13-3-5-20(27)26(22(25)28)19-11-8-16(14-23)21-18(19)4-2-12-24-21/h2,4,6-12H,3,5,13H2,1H3. The smallest absolute Gasteiger partial charge is 0.233 e. The van der Waals surface area contributed by atoms with Crippen molar-refractivity contribution in [3.8, 4) is 6.07 Å². The topological polar surface area (TPSA) is 60.2 Å². The first-order chi connectivity index (χ1) is 13.6. The third-order valence-corrected chi connectivity index (χ3v) is 5.30. The number of carbonyl (C=O) groups is 1. The number of rotatable bonds is 2. The molecule has 0 aliphatic carbocycles. The van der Waals surface area contributed by atoms with E-state index < -0.39 is 0 Å². The third-order valence-electron chi connectivity index (χ3n) is 4.90. The lowest BCUT2D eigenvalue weighted by Crippen LogP contribution is -2.44. The number of anilines is 2. The maximum Gasteiger partial charge on any atom is 0.233 e. The van der Waals surface area contributed by atoms with Crippen molar-refractivity contribution in [3.63, 3.8) is 0 Å². The Kier molecular flexibility index (Phi) is 4.76. The van der Waals surface area contributed by atoms with Crippen LogP contribution in [0.4, 0.5) is 11.4 Å². The van der Waals surface area contributed by atoms with E-state index >= 15 is 0 Å². The highest BCUT2D eigenvalue weighted by molar-refractivity contribution is 7.81. The Labute approximate surface area is 168 Å². The summed E-state index contributed by atoms with van der Waals surface area (Å²) in [5.74, 6) is -0.0468. The Balaban J connectivity index is 1.85. The van der Waals surface area contributed by atoms with Crippen molar-refractivity contribution in [1.82, 2.24) is 4.98 Å². The first-order valence-corrected chi connectivity index (χ1v) is 9.50. The van der Waals surface area contributed by atoms with Crippen LogP contribution in [0.15, 0.2) is 54.7 Å². The fraction of sp³-hybridized carbons (Fsp3) is 0.182. The Morgan fingerprint density at radius 3 is 2.68 bits per heavy atom. The van der Waals surface area contributed by atoms with Crippen LogP contribution in [0, 0.1) is 18.3 Å². The minimum Gasteiger partial charge on any atom is -0.318 e. The van der Waals surface area contributed by atoms with Gasteiger partial charge in [0.2, 0.25) is 5.91 Å². The van der Waals surface area contributed by atoms with E-state index in [1.165, 1.54) is 5.56 Å². The Morgan fingerprint density at radius 2 is 1.93 bits per heavy atom. The molecule has 2 heterocycles. The van der Waals surface area contributed by atoms with Gasteiger partial charge >= 0.3 is 0 Å². The molecule has 1 amide bonds. The number of aromatic nitrogens is 1. The van der Waals surface area contributed by atoms with Gasteiger partial charge in [0.15, 0.2) is 5.11 Å². The quantitative estimate of drug-likeness (QED) is 0.614. The molecule has 1 saturated heterocycles. The number of nitrogens with zero attached hydrogens (tertiary/aromatic N) is 4. The number of hydrogen-bond acceptors (Lipinski definition) is 4. The molecule has 1 aliphatic heterocycles. The van der Waals surface area contributed by atoms with Gasteiger partial charge in [-0.15, -0.1) is 0 Å². The molecular formula is C22H18N4OS. The van der Waals surface area contributed by atoms with Gasteiger partial charge in [-0.1, -0.05) is 17.7 Å². The Bertz CT molecular complexity index is 1120. The van der Waals surface area contributed by atoms with Crippen molar-refractivity contribution >= 4 is 45.5 Å². The van der Waals surface area contributed by atoms with Crippen LogP contribution < -0.4 is 9.80 Å². The first kappa shape index (κ1) is 18.1. The normalized spacial score (nSPS) is 14.9. The predicted molar refractivity (Wildman–Crippen MR) is 114 cm³/mol. The van der Waals surface area contributed by atoms with Gasteiger partial charge in [-0.25, -0.2) is 0 Å². The molecular weight excluding hydrogens is 368 g/mol. The second-order valence-electron chi connectivity index (χ2n) is 6.75. The molecule has 0 spiro atoms. The van der Waals surface area contributed by atoms with Crippen LogP contribution in [-0.2, 0) is 4.79 Å². The van der Waals surface area contributed by atoms with Gasteiger partial charge in [0, 0.05) is 30.2 Å². The molecule has 0 unspecified atom stereocenters. The number of thiocarbonyl (C=S) groups is 1. The molecule has 0 saturated carbocycles. The monoisotopic (exact) mass is 386 g/mol. The van der Waals surface area contributed by atoms with Gasteiger partial charge in [-0.3, -0.25) is 14.7 Å². The molecule has 28 heavy (non-hydrogen) atoms. The highest BCUT2D eigenvalue weighted by Crippen LogP contribution is 2.32. The molecule has 2 aromatic carbocycles. The minimum atomic E-state index is -0.0468. The molecule has 0 atom stereocenters. The fourth-order valence-corrected chi connectivity index (χ4v) is 3.86. The summed E-state index contributed by atoms with van der Waals surface area (Å²) < 4.78 is 0. The molecule has 138 valence electrons. The van der Waals surface area contributed by atoms with E-state index in [-0.39, 0.29) is 5.91 Å². The summed E-state index contributed by atoms with van der Waals surface area (Å²) in [6.07, 6.45) is 2.77. The van der Waals surface area contributed by atoms with Crippen LogP contribution in [0.2, 0.25) is 0 Å². The lowest BCUT2D eigenvalue weighted by atomic mass is 10.1. The van der Waals surface area contributed by atoms with Crippen LogP contribution in [0.5, 0.6) is 0 Å². The summed E-state index contributed by atoms with van der Waals surface area (Å²) in [7, 11) is 0. The maximum absolute atomic E-state index is 13.0. The van der Waals surface area contributed by atoms with Gasteiger partial charge < -0.3 is 4.90 Å². The number of nitriles is 1. The summed E-state index contributed by atoms with van der Waals surface area (Å²) >= 11 is 5.78. The zero-order chi connectivity index (χ0) is 19.7. The second-order valence-corrected chi connectivity index (χ2v) is 7.11. The van der Waals surface area contributed by atoms with E-state index in [1.54, 1.807) is 29.3 Å². The molecule has 1 fully saturated rings. The van der Waals surface area contributed by atoms with Crippen LogP contribution in [0.3, 0.4) is 0 Å². The molecule has 4 rings (SSSR count). The SMILES string of the molecule is Cc1ccc(N2CCCC(=O)N(c3ccc(C#N)c4ncccc34)C2=S)cc1. The number of amides is 1. The number of carbonyl (C=O) groups excluding carboxylic acids is 1. The number of benzene rings is 2. The summed E-state index contributed by atoms with van der Waals surface area (Å²) in [6.45, 7) is 2.72. The van der Waals surface area contributed by atoms with E-state index in [4.69, 9.17) is 12.2 Å². The van der Waals surface area contributed by atoms with Crippen molar-refractivity contribution in [2.24, 2.45) is 0 Å². The molecule has 3 aromatic rings. The van der Waals surface area contributed by atoms with Gasteiger partial charge in [-0.05, 0) is 62.0 Å². The van der Waals surface area contributed by atoms with E-state index in [0.29, 0.717) is 34.8 Å². The summed E-state index contributed by atoms with van der Waals surface area (Å²) in [5, 5.41) is 10.6. The van der Waals surface area contributed by atoms with Gasteiger partial charge in [0.05, 0.1) is 16.8 Å². The molecule has 0 bridgehead atoms. The Hall–Kier alpha value is -3.30. The van der Waals surface area contributed by atoms with Crippen LogP contribution in [-0.4, -0.2) is 22.5 Å². The zero-order valence-electron chi connectivity index (χ0n) is 15.4. The number of hydrogen-bond donors (Lipinski definition) is 0. The summed E-state index contributed by atoms with van der Waals surface area (Å²) in [4.78, 5) is 20.9. The third kappa shape index (κ3) is 3.10. The zero-order valence-corrected chi connectivity index (χ0v) is 16.2. The lowest BCUT2D eigenvalue weighted by Gasteiger charge is -2.30. The van der Waals surface area contributed by atoms with Gasteiger partial charge in [0.1, 0.15) is 6.07 Å². The average Bonchev–Trinajstić information content (AvgIpc) is 2.86. The average molecular weight is 386 g/mol. The van der Waals surface area contributed by atoms with Crippen molar-refractivity contribution in [2.45, 2.75) is 19.8 Å². The molecule has 0 N–H and O–H groups in total. The second kappa shape index (κ2) is 7.37. The van der Waals surface area contributed by atoms with Crippen LogP contribution >= 0.6 is 12.2 Å². The number of fused-ring (bicyclic) bond motifs is 1. The Morgan fingerprint density at radius 1 is 1.14 bits per heavy atom. The van der Waals surface area contributed by atoms with E-state index in [1.807, 2.05) is 42.2 Å². The first-order valence-electron chi connectivity index (χ1n) is 9.09. The summed E-state index contributed by atoms with van der Waals surface area (Å²) in [5.41, 5.74) is 3.84. The lowest BCUT2D eigenvalue weighted by molar-refractivity contribution is -0.117. The molecule has 1 aliphatic rings. The van der Waals surface area contributed by atoms with Crippen molar-refractivity contribution in [1.29, 1.82) is 5.26 Å². The molecule has 6 heteroatoms. The summed E-state index contributed by atoms with van der Waals surface area (Å²) in [6, 6.07) is 17.4. The minimum absolute atomic E-state index is 0.0468. The molecule has 1 aromatic heterocycles. The van der Waals surface area contributed by atoms with Crippen molar-refractivity contribution in [2.75, 3.05) is 16.3 Å². The predicted octanol–water partition coefficient (Wildman–Crippen LogP) is 4.33. The number of pyridine rings is 1. The van der Waals surface area contributed by atoms with Crippen molar-refractivity contribution in [3.05, 3.63) is 65.9 Å². The largest absolute Gasteiger partial charge is 0.318 e. The van der Waals surface area contributed by atoms with E-state index in [9.17, 15) is 10.1 Å². The van der Waals surface area contributed by atoms with Crippen molar-refractivity contribution < 1.29 is 4.79 Å². The highest BCUT2D eigenvalue weighted by atomic mass is 32.1. The highest BCUT2D eigenvalue weighted by Gasteiger charge is 2.30. The fourth-order valence-electron chi connectivity index (χ4n) is 3.47. The van der Waals surface area contributed by atoms with Crippen LogP contribution in [0.1, 0.15) is 24.0 Å². The van der Waals surface area contributed by atoms with Gasteiger partial charge in [-0.2, -0.15) is 5.26 Å². The van der Waals surface area contributed by atoms with Gasteiger partial charge in [0.25, 0.3) is 0 Å². The molecule has 5 nitrogen and oxygen atoms in total. The van der Waals surface area contributed by atoms with Crippen LogP contribution in [0.25, 0.3) is 10.9 Å². The van der Waals surface area contributed by atoms with E-state index in [0.717, 1.165) is 17.5 Å². The molecule has 0 radical (unpaired) electrons. The van der Waals surface area contributed by atoms with E-state index in [2.05, 4.69) is 11.1 Å². The maximum atomic E-state index is 13.0. The number of aryl methyl sites for hydroxylation is 1.